The third-order valence-electron chi connectivity index (χ3n) is 6.82. The summed E-state index contributed by atoms with van der Waals surface area (Å²) in [6, 6.07) is 18.1. The van der Waals surface area contributed by atoms with Crippen LogP contribution in [0.1, 0.15) is 48.0 Å². The van der Waals surface area contributed by atoms with Crippen molar-refractivity contribution in [3.63, 3.8) is 0 Å². The summed E-state index contributed by atoms with van der Waals surface area (Å²) in [6.45, 7) is -0.0364. The standard InChI is InChI=1S/C28H26ClN3O3/c1-35-21-11-8-19(9-12-21)26-27(34)32(28(31-26)14-4-2-5-15-28)18-25(33)20-10-13-23(29)22(17-20)24-7-3-6-16-30-24/h3,6-13,16-17H,2,4-5,14-15,18H2,1H3. The highest BCUT2D eigenvalue weighted by Gasteiger charge is 2.48. The zero-order chi connectivity index (χ0) is 24.4. The molecular formula is C28H26ClN3O3. The smallest absolute Gasteiger partial charge is 0.275 e. The van der Waals surface area contributed by atoms with Crippen LogP contribution in [-0.4, -0.2) is 46.6 Å². The fourth-order valence-electron chi connectivity index (χ4n) is 4.94. The van der Waals surface area contributed by atoms with Crippen molar-refractivity contribution >= 4 is 29.0 Å². The molecule has 1 amide bonds. The molecule has 3 aromatic rings. The molecule has 0 saturated heterocycles. The summed E-state index contributed by atoms with van der Waals surface area (Å²) in [5.41, 5.74) is 2.35. The number of carbonyl (C=O) groups excluding carboxylic acids is 2. The topological polar surface area (TPSA) is 71.9 Å². The summed E-state index contributed by atoms with van der Waals surface area (Å²) in [6.07, 6.45) is 6.25. The van der Waals surface area contributed by atoms with Gasteiger partial charge in [-0.3, -0.25) is 19.6 Å². The van der Waals surface area contributed by atoms with Crippen LogP contribution in [-0.2, 0) is 4.79 Å². The molecule has 2 aliphatic rings. The number of hydrogen-bond acceptors (Lipinski definition) is 5. The first-order valence-electron chi connectivity index (χ1n) is 11.8. The fraction of sp³-hybridized carbons (Fsp3) is 0.286. The molecule has 6 nitrogen and oxygen atoms in total. The lowest BCUT2D eigenvalue weighted by Gasteiger charge is -2.38. The molecule has 1 aromatic heterocycles. The Morgan fingerprint density at radius 3 is 2.51 bits per heavy atom. The third kappa shape index (κ3) is 4.46. The van der Waals surface area contributed by atoms with E-state index in [-0.39, 0.29) is 18.2 Å². The van der Waals surface area contributed by atoms with Crippen molar-refractivity contribution in [2.45, 2.75) is 37.8 Å². The highest BCUT2D eigenvalue weighted by molar-refractivity contribution is 6.47. The van der Waals surface area contributed by atoms with Crippen LogP contribution in [0, 0.1) is 0 Å². The Morgan fingerprint density at radius 2 is 1.83 bits per heavy atom. The summed E-state index contributed by atoms with van der Waals surface area (Å²) in [7, 11) is 1.60. The SMILES string of the molecule is COc1ccc(C2=NC3(CCCCC3)N(CC(=O)c3ccc(Cl)c(-c4ccccn4)c3)C2=O)cc1. The van der Waals surface area contributed by atoms with Gasteiger partial charge in [0, 0.05) is 22.9 Å². The van der Waals surface area contributed by atoms with E-state index in [9.17, 15) is 9.59 Å². The molecule has 1 saturated carbocycles. The number of hydrogen-bond donors (Lipinski definition) is 0. The molecule has 0 radical (unpaired) electrons. The van der Waals surface area contributed by atoms with E-state index in [0.29, 0.717) is 33.3 Å². The second kappa shape index (κ2) is 9.62. The average molecular weight is 488 g/mol. The Hall–Kier alpha value is -3.51. The Bertz CT molecular complexity index is 1280. The first-order chi connectivity index (χ1) is 17.0. The largest absolute Gasteiger partial charge is 0.497 e. The maximum absolute atomic E-state index is 13.6. The Labute approximate surface area is 209 Å². The van der Waals surface area contributed by atoms with Gasteiger partial charge in [0.2, 0.25) is 0 Å². The first-order valence-corrected chi connectivity index (χ1v) is 12.2. The number of ketones is 1. The van der Waals surface area contributed by atoms with Crippen LogP contribution in [0.2, 0.25) is 5.02 Å². The summed E-state index contributed by atoms with van der Waals surface area (Å²) >= 11 is 6.41. The average Bonchev–Trinajstić information content (AvgIpc) is 3.15. The number of aliphatic imine (C=N–C) groups is 1. The molecule has 1 fully saturated rings. The highest BCUT2D eigenvalue weighted by atomic mass is 35.5. The second-order valence-corrected chi connectivity index (χ2v) is 9.36. The van der Waals surface area contributed by atoms with E-state index in [1.807, 2.05) is 42.5 Å². The van der Waals surface area contributed by atoms with E-state index < -0.39 is 5.66 Å². The number of nitrogens with zero attached hydrogens (tertiary/aromatic N) is 3. The maximum Gasteiger partial charge on any atom is 0.275 e. The lowest BCUT2D eigenvalue weighted by atomic mass is 9.88. The van der Waals surface area contributed by atoms with Crippen LogP contribution in [0.15, 0.2) is 71.9 Å². The number of benzene rings is 2. The number of aromatic nitrogens is 1. The van der Waals surface area contributed by atoms with Crippen LogP contribution in [0.5, 0.6) is 5.75 Å². The molecule has 2 aromatic carbocycles. The molecule has 0 unspecified atom stereocenters. The first kappa shape index (κ1) is 23.2. The van der Waals surface area contributed by atoms with E-state index in [4.69, 9.17) is 21.3 Å². The third-order valence-corrected chi connectivity index (χ3v) is 7.15. The normalized spacial score (nSPS) is 16.9. The van der Waals surface area contributed by atoms with E-state index in [2.05, 4.69) is 4.98 Å². The number of rotatable bonds is 6. The zero-order valence-electron chi connectivity index (χ0n) is 19.5. The molecule has 1 spiro atoms. The van der Waals surface area contributed by atoms with Crippen molar-refractivity contribution in [2.24, 2.45) is 4.99 Å². The number of methoxy groups -OCH3 is 1. The number of Topliss-reactive ketones (excluding diaryl/α,β-unsaturated/α-hetero) is 1. The number of carbonyl (C=O) groups is 2. The van der Waals surface area contributed by atoms with Crippen molar-refractivity contribution in [2.75, 3.05) is 13.7 Å². The van der Waals surface area contributed by atoms with Crippen molar-refractivity contribution in [3.05, 3.63) is 83.0 Å². The number of halogens is 1. The lowest BCUT2D eigenvalue weighted by Crippen LogP contribution is -2.50. The minimum atomic E-state index is -0.670. The van der Waals surface area contributed by atoms with Crippen molar-refractivity contribution in [1.82, 2.24) is 9.88 Å². The molecule has 2 heterocycles. The minimum absolute atomic E-state index is 0.0364. The van der Waals surface area contributed by atoms with E-state index in [1.165, 1.54) is 0 Å². The predicted octanol–water partition coefficient (Wildman–Crippen LogP) is 5.59. The van der Waals surface area contributed by atoms with Crippen LogP contribution < -0.4 is 4.74 Å². The summed E-state index contributed by atoms with van der Waals surface area (Å²) in [4.78, 5) is 38.1. The van der Waals surface area contributed by atoms with E-state index in [1.54, 1.807) is 36.4 Å². The Kier molecular flexibility index (Phi) is 6.39. The molecule has 1 aliphatic heterocycles. The van der Waals surface area contributed by atoms with Crippen LogP contribution in [0.4, 0.5) is 0 Å². The zero-order valence-corrected chi connectivity index (χ0v) is 20.3. The number of pyridine rings is 1. The van der Waals surface area contributed by atoms with Crippen LogP contribution in [0.3, 0.4) is 0 Å². The van der Waals surface area contributed by atoms with Gasteiger partial charge in [0.05, 0.1) is 24.4 Å². The van der Waals surface area contributed by atoms with Gasteiger partial charge in [-0.1, -0.05) is 24.1 Å². The highest BCUT2D eigenvalue weighted by Crippen LogP contribution is 2.40. The molecule has 178 valence electrons. The lowest BCUT2D eigenvalue weighted by molar-refractivity contribution is -0.128. The molecular weight excluding hydrogens is 462 g/mol. The van der Waals surface area contributed by atoms with Gasteiger partial charge in [-0.25, -0.2) is 0 Å². The van der Waals surface area contributed by atoms with Crippen molar-refractivity contribution < 1.29 is 14.3 Å². The van der Waals surface area contributed by atoms with Crippen molar-refractivity contribution in [1.29, 1.82) is 0 Å². The molecule has 0 atom stereocenters. The van der Waals surface area contributed by atoms with Crippen molar-refractivity contribution in [3.8, 4) is 17.0 Å². The van der Waals surface area contributed by atoms with Gasteiger partial charge in [0.1, 0.15) is 17.1 Å². The van der Waals surface area contributed by atoms with Gasteiger partial charge in [0.25, 0.3) is 5.91 Å². The summed E-state index contributed by atoms with van der Waals surface area (Å²) < 4.78 is 5.25. The molecule has 1 aliphatic carbocycles. The molecule has 0 bridgehead atoms. The van der Waals surface area contributed by atoms with E-state index >= 15 is 0 Å². The van der Waals surface area contributed by atoms with Crippen LogP contribution in [0.25, 0.3) is 11.3 Å². The molecule has 7 heteroatoms. The van der Waals surface area contributed by atoms with Crippen LogP contribution >= 0.6 is 11.6 Å². The fourth-order valence-corrected chi connectivity index (χ4v) is 5.16. The Morgan fingerprint density at radius 1 is 1.06 bits per heavy atom. The van der Waals surface area contributed by atoms with Gasteiger partial charge in [-0.05, 0) is 80.3 Å². The van der Waals surface area contributed by atoms with Gasteiger partial charge < -0.3 is 9.64 Å². The van der Waals surface area contributed by atoms with E-state index in [0.717, 1.165) is 37.7 Å². The molecule has 0 N–H and O–H groups in total. The van der Waals surface area contributed by atoms with Gasteiger partial charge in [-0.15, -0.1) is 0 Å². The Balaban J connectivity index is 1.45. The summed E-state index contributed by atoms with van der Waals surface area (Å²) in [5.74, 6) is 0.360. The monoisotopic (exact) mass is 487 g/mol. The number of amides is 1. The number of ether oxygens (including phenoxy) is 1. The van der Waals surface area contributed by atoms with Gasteiger partial charge >= 0.3 is 0 Å². The molecule has 5 rings (SSSR count). The second-order valence-electron chi connectivity index (χ2n) is 8.96. The quantitative estimate of drug-likeness (QED) is 0.425. The van der Waals surface area contributed by atoms with Gasteiger partial charge in [-0.2, -0.15) is 0 Å². The van der Waals surface area contributed by atoms with Gasteiger partial charge in [0.15, 0.2) is 5.78 Å². The minimum Gasteiger partial charge on any atom is -0.497 e. The maximum atomic E-state index is 13.6. The predicted molar refractivity (Wildman–Crippen MR) is 136 cm³/mol. The summed E-state index contributed by atoms with van der Waals surface area (Å²) in [5, 5.41) is 0.520. The molecule has 35 heavy (non-hydrogen) atoms.